The Bertz CT molecular complexity index is 2300. The van der Waals surface area contributed by atoms with Gasteiger partial charge in [0.1, 0.15) is 18.3 Å². The maximum atomic E-state index is 13.0. The van der Waals surface area contributed by atoms with E-state index in [1.54, 1.807) is 11.2 Å². The number of rotatable bonds is 13. The molecule has 1 aliphatic carbocycles. The number of benzene rings is 2. The highest BCUT2D eigenvalue weighted by Crippen LogP contribution is 2.37. The van der Waals surface area contributed by atoms with Crippen molar-refractivity contribution < 1.29 is 18.9 Å². The minimum Gasteiger partial charge on any atom is -0.372 e. The van der Waals surface area contributed by atoms with Gasteiger partial charge in [-0.05, 0) is 92.5 Å². The van der Waals surface area contributed by atoms with Crippen molar-refractivity contribution in [3.63, 3.8) is 0 Å². The van der Waals surface area contributed by atoms with Crippen LogP contribution in [0, 0.1) is 12.8 Å². The van der Waals surface area contributed by atoms with Crippen molar-refractivity contribution >= 4 is 41.0 Å². The molecule has 2 aromatic carbocycles. The third-order valence-corrected chi connectivity index (χ3v) is 12.8. The maximum absolute atomic E-state index is 13.0. The van der Waals surface area contributed by atoms with E-state index in [0.29, 0.717) is 30.7 Å². The summed E-state index contributed by atoms with van der Waals surface area (Å²) in [6, 6.07) is 14.7. The van der Waals surface area contributed by atoms with Crippen LogP contribution in [0.1, 0.15) is 98.3 Å². The quantitative estimate of drug-likeness (QED) is 0.134. The second-order valence-electron chi connectivity index (χ2n) is 17.9. The molecule has 0 spiro atoms. The summed E-state index contributed by atoms with van der Waals surface area (Å²) in [5.74, 6) is 0.777. The normalized spacial score (nSPS) is 18.6. The Labute approximate surface area is 352 Å². The zero-order chi connectivity index (χ0) is 42.0. The summed E-state index contributed by atoms with van der Waals surface area (Å²) in [6.07, 6.45) is 9.09. The second-order valence-corrected chi connectivity index (χ2v) is 17.9. The van der Waals surface area contributed by atoms with Gasteiger partial charge in [0.2, 0.25) is 6.41 Å². The fourth-order valence-corrected chi connectivity index (χ4v) is 9.37. The van der Waals surface area contributed by atoms with Crippen LogP contribution in [0.15, 0.2) is 53.3 Å². The van der Waals surface area contributed by atoms with E-state index in [1.165, 1.54) is 29.8 Å². The Balaban J connectivity index is 0.838. The molecule has 1 unspecified atom stereocenters. The molecular weight excluding hydrogens is 757 g/mol. The minimum absolute atomic E-state index is 0.0327. The zero-order valence-corrected chi connectivity index (χ0v) is 35.6. The second kappa shape index (κ2) is 17.6. The molecule has 8 rings (SSSR count). The number of carbonyl (C=O) groups is 3. The highest BCUT2D eigenvalue weighted by molar-refractivity contribution is 5.95. The van der Waals surface area contributed by atoms with Gasteiger partial charge < -0.3 is 34.3 Å². The molecule has 5 heterocycles. The van der Waals surface area contributed by atoms with Gasteiger partial charge in [-0.2, -0.15) is 4.98 Å². The first-order valence-electron chi connectivity index (χ1n) is 21.6. The van der Waals surface area contributed by atoms with Gasteiger partial charge in [-0.1, -0.05) is 38.1 Å². The lowest BCUT2D eigenvalue weighted by molar-refractivity contribution is -0.108. The molecule has 2 saturated heterocycles. The molecule has 2 aliphatic heterocycles. The van der Waals surface area contributed by atoms with Gasteiger partial charge in [0.15, 0.2) is 5.82 Å². The van der Waals surface area contributed by atoms with Crippen LogP contribution in [-0.4, -0.2) is 112 Å². The predicted octanol–water partition coefficient (Wildman–Crippen LogP) is 6.05. The Morgan fingerprint density at radius 2 is 1.78 bits per heavy atom. The molecule has 316 valence electrons. The van der Waals surface area contributed by atoms with Gasteiger partial charge in [0.25, 0.3) is 0 Å². The smallest absolute Gasteiger partial charge is 0.315 e. The van der Waals surface area contributed by atoms with E-state index in [0.717, 1.165) is 117 Å². The van der Waals surface area contributed by atoms with Gasteiger partial charge in [-0.15, -0.1) is 0 Å². The van der Waals surface area contributed by atoms with Crippen LogP contribution in [0.2, 0.25) is 0 Å². The predicted molar refractivity (Wildman–Crippen MR) is 232 cm³/mol. The van der Waals surface area contributed by atoms with Crippen LogP contribution < -0.4 is 15.1 Å². The van der Waals surface area contributed by atoms with Gasteiger partial charge in [-0.3, -0.25) is 14.5 Å². The first kappa shape index (κ1) is 41.3. The fraction of sp³-hybridized carbons (Fsp3) is 0.500. The van der Waals surface area contributed by atoms with Crippen molar-refractivity contribution in [2.75, 3.05) is 62.2 Å². The molecule has 3 aromatic heterocycles. The number of H-pyrrole nitrogens is 1. The topological polar surface area (TPSA) is 157 Å². The van der Waals surface area contributed by atoms with Crippen LogP contribution >= 0.6 is 0 Å². The van der Waals surface area contributed by atoms with Gasteiger partial charge in [0.05, 0.1) is 11.7 Å². The molecule has 3 aliphatic rings. The van der Waals surface area contributed by atoms with Crippen LogP contribution in [-0.2, 0) is 27.8 Å². The number of amides is 2. The number of nitrogens with one attached hydrogen (secondary N) is 2. The number of hydrogen-bond acceptors (Lipinski definition) is 11. The first-order valence-corrected chi connectivity index (χ1v) is 21.6. The van der Waals surface area contributed by atoms with Crippen molar-refractivity contribution in [1.82, 2.24) is 40.2 Å². The van der Waals surface area contributed by atoms with Crippen LogP contribution in [0.3, 0.4) is 0 Å². The third-order valence-electron chi connectivity index (χ3n) is 12.8. The number of hydrogen-bond donors (Lipinski definition) is 2. The number of carbonyl (C=O) groups excluding carboxylic acids is 3. The average molecular weight is 815 g/mol. The van der Waals surface area contributed by atoms with Gasteiger partial charge in [-0.25, -0.2) is 9.97 Å². The average Bonchev–Trinajstić information content (AvgIpc) is 3.91. The van der Waals surface area contributed by atoms with E-state index in [-0.39, 0.29) is 17.3 Å². The Kier molecular flexibility index (Phi) is 12.1. The molecule has 14 nitrogen and oxygen atoms in total. The summed E-state index contributed by atoms with van der Waals surface area (Å²) in [5, 5.41) is 8.13. The number of piperidine rings is 1. The van der Waals surface area contributed by atoms with Crippen molar-refractivity contribution in [1.29, 1.82) is 0 Å². The van der Waals surface area contributed by atoms with Crippen LogP contribution in [0.4, 0.5) is 11.4 Å². The third kappa shape index (κ3) is 8.85. The van der Waals surface area contributed by atoms with E-state index in [9.17, 15) is 14.4 Å². The number of aryl methyl sites for hydroxylation is 2. The zero-order valence-electron chi connectivity index (χ0n) is 35.6. The van der Waals surface area contributed by atoms with E-state index in [4.69, 9.17) is 9.51 Å². The van der Waals surface area contributed by atoms with Crippen molar-refractivity contribution in [3.05, 3.63) is 82.9 Å². The Morgan fingerprint density at radius 1 is 1.02 bits per heavy atom. The largest absolute Gasteiger partial charge is 0.372 e. The molecule has 5 aromatic rings. The number of aldehydes is 1. The summed E-state index contributed by atoms with van der Waals surface area (Å²) in [5.41, 5.74) is 9.26. The lowest BCUT2D eigenvalue weighted by Gasteiger charge is -2.42. The van der Waals surface area contributed by atoms with Gasteiger partial charge in [0, 0.05) is 105 Å². The molecule has 0 saturated carbocycles. The summed E-state index contributed by atoms with van der Waals surface area (Å²) in [4.78, 5) is 62.2. The Morgan fingerprint density at radius 3 is 2.47 bits per heavy atom. The minimum atomic E-state index is -0.391. The molecule has 2 atom stereocenters. The molecule has 2 amide bonds. The fourth-order valence-electron chi connectivity index (χ4n) is 9.37. The van der Waals surface area contributed by atoms with E-state index in [1.807, 2.05) is 39.8 Å². The Hall–Kier alpha value is -5.47. The number of nitrogens with zero attached hydrogens (tertiary/aromatic N) is 8. The molecule has 60 heavy (non-hydrogen) atoms. The summed E-state index contributed by atoms with van der Waals surface area (Å²) < 4.78 is 5.27. The summed E-state index contributed by atoms with van der Waals surface area (Å²) in [6.45, 7) is 18.0. The molecule has 0 bridgehead atoms. The summed E-state index contributed by atoms with van der Waals surface area (Å²) >= 11 is 0. The van der Waals surface area contributed by atoms with Crippen LogP contribution in [0.5, 0.6) is 0 Å². The lowest BCUT2D eigenvalue weighted by Crippen LogP contribution is -2.53. The first-order chi connectivity index (χ1) is 29.0. The van der Waals surface area contributed by atoms with E-state index >= 15 is 0 Å². The lowest BCUT2D eigenvalue weighted by atomic mass is 9.89. The molecule has 2 N–H and O–H groups in total. The van der Waals surface area contributed by atoms with Crippen molar-refractivity contribution in [2.45, 2.75) is 90.6 Å². The number of aromatic nitrogens is 5. The van der Waals surface area contributed by atoms with E-state index in [2.05, 4.69) is 77.4 Å². The van der Waals surface area contributed by atoms with Gasteiger partial charge >= 0.3 is 11.8 Å². The SMILES string of the molecule is Cc1cc(-c2ncnc3[nH]c4c(c23)CCC(N2CCN(CC3CCN(c5ccc(N(C=O)CCC=O)cc5)CC3)CC2)C4)ccc1[C@@H](C)NC(=O)c1nc(C(C)(C)C)no1. The number of aromatic amines is 1. The monoisotopic (exact) mass is 814 g/mol. The molecular formula is C46H58N10O4. The number of piperazine rings is 1. The van der Waals surface area contributed by atoms with E-state index < -0.39 is 5.91 Å². The summed E-state index contributed by atoms with van der Waals surface area (Å²) in [7, 11) is 0. The number of fused-ring (bicyclic) bond motifs is 3. The molecule has 14 heteroatoms. The molecule has 0 radical (unpaired) electrons. The highest BCUT2D eigenvalue weighted by atomic mass is 16.5. The number of anilines is 2. The highest BCUT2D eigenvalue weighted by Gasteiger charge is 2.32. The molecule has 2 fully saturated rings. The van der Waals surface area contributed by atoms with Crippen molar-refractivity contribution in [3.8, 4) is 11.3 Å². The standard InChI is InChI=1S/C46H58N10O4/c1-30-25-33(7-13-37(30)31(2)49-43(59)44-51-45(52-60-44)46(3,4)5)41-40-38-14-12-36(26-39(38)50-42(40)48-28-47-41)55-22-20-53(21-23-55)27-32-15-18-54(19-16-32)34-8-10-35(11-9-34)56(29-58)17-6-24-57/h7-11,13,24-25,28-29,31-32,36H,6,12,14-23,26-27H2,1-5H3,(H,49,59)(H,47,48,50)/t31-,36?/m1/s1. The van der Waals surface area contributed by atoms with Crippen LogP contribution in [0.25, 0.3) is 22.3 Å². The van der Waals surface area contributed by atoms with Crippen molar-refractivity contribution in [2.24, 2.45) is 5.92 Å². The maximum Gasteiger partial charge on any atom is 0.315 e.